The highest BCUT2D eigenvalue weighted by Gasteiger charge is 2.17. The number of aromatic nitrogens is 2. The van der Waals surface area contributed by atoms with Gasteiger partial charge in [0.2, 0.25) is 5.91 Å². The van der Waals surface area contributed by atoms with Gasteiger partial charge in [0.15, 0.2) is 5.13 Å². The number of rotatable bonds is 6. The monoisotopic (exact) mass is 371 g/mol. The van der Waals surface area contributed by atoms with Gasteiger partial charge in [-0.05, 0) is 38.5 Å². The lowest BCUT2D eigenvalue weighted by molar-refractivity contribution is -0.116. The zero-order valence-electron chi connectivity index (χ0n) is 15.0. The minimum atomic E-state index is -0.405. The molecule has 0 aliphatic rings. The summed E-state index contributed by atoms with van der Waals surface area (Å²) in [4.78, 5) is 28.7. The number of benzene rings is 1. The van der Waals surface area contributed by atoms with E-state index in [9.17, 15) is 9.59 Å². The fourth-order valence-electron chi connectivity index (χ4n) is 2.81. The first kappa shape index (κ1) is 18.1. The van der Waals surface area contributed by atoms with E-state index >= 15 is 0 Å². The first-order valence-electron chi connectivity index (χ1n) is 8.48. The molecule has 0 radical (unpaired) electrons. The predicted octanol–water partition coefficient (Wildman–Crippen LogP) is 3.92. The first-order valence-corrected chi connectivity index (χ1v) is 9.30. The maximum Gasteiger partial charge on any atom is 0.350 e. The molecule has 0 spiro atoms. The van der Waals surface area contributed by atoms with E-state index < -0.39 is 5.97 Å². The number of esters is 1. The third-order valence-corrected chi connectivity index (χ3v) is 5.17. The van der Waals surface area contributed by atoms with Crippen LogP contribution in [-0.4, -0.2) is 28.0 Å². The van der Waals surface area contributed by atoms with Crippen LogP contribution in [-0.2, 0) is 16.1 Å². The third-order valence-electron chi connectivity index (χ3n) is 4.12. The van der Waals surface area contributed by atoms with E-state index in [0.717, 1.165) is 16.9 Å². The number of amides is 1. The number of aryl methyl sites for hydroxylation is 3. The molecule has 3 aromatic rings. The Balaban J connectivity index is 1.63. The molecule has 2 heterocycles. The van der Waals surface area contributed by atoms with E-state index in [1.807, 2.05) is 12.3 Å². The summed E-state index contributed by atoms with van der Waals surface area (Å²) in [7, 11) is 0. The Morgan fingerprint density at radius 2 is 2.08 bits per heavy atom. The first-order chi connectivity index (χ1) is 12.5. The lowest BCUT2D eigenvalue weighted by Crippen LogP contribution is -2.14. The van der Waals surface area contributed by atoms with Crippen LogP contribution >= 0.6 is 11.3 Å². The van der Waals surface area contributed by atoms with Crippen molar-refractivity contribution in [2.24, 2.45) is 0 Å². The fraction of sp³-hybridized carbons (Fsp3) is 0.316. The second-order valence-corrected chi connectivity index (χ2v) is 6.97. The molecule has 3 rings (SSSR count). The van der Waals surface area contributed by atoms with Gasteiger partial charge in [-0.15, -0.1) is 0 Å². The maximum atomic E-state index is 12.3. The number of hydrogen-bond acceptors (Lipinski definition) is 5. The van der Waals surface area contributed by atoms with Crippen LogP contribution in [0, 0.1) is 13.8 Å². The molecule has 2 aromatic heterocycles. The van der Waals surface area contributed by atoms with Crippen LogP contribution in [0.1, 0.15) is 34.3 Å². The summed E-state index contributed by atoms with van der Waals surface area (Å²) >= 11 is 1.14. The molecule has 0 atom stereocenters. The number of carbonyl (C=O) groups excluding carboxylic acids is 2. The Morgan fingerprint density at radius 1 is 1.27 bits per heavy atom. The largest absolute Gasteiger partial charge is 0.462 e. The standard InChI is InChI=1S/C19H21N3O3S/c1-4-25-18(24)17-13(3)20-19(26-17)21-16(23)9-11-22-10-8-14-12(2)6-5-7-15(14)22/h5-8,10H,4,9,11H2,1-3H3,(H,20,21,23). The van der Waals surface area contributed by atoms with Crippen molar-refractivity contribution in [1.29, 1.82) is 0 Å². The number of carbonyl (C=O) groups is 2. The highest BCUT2D eigenvalue weighted by atomic mass is 32.1. The molecule has 26 heavy (non-hydrogen) atoms. The van der Waals surface area contributed by atoms with Gasteiger partial charge in [-0.3, -0.25) is 4.79 Å². The van der Waals surface area contributed by atoms with Crippen LogP contribution < -0.4 is 5.32 Å². The third kappa shape index (κ3) is 3.77. The quantitative estimate of drug-likeness (QED) is 0.667. The van der Waals surface area contributed by atoms with Crippen LogP contribution in [0.15, 0.2) is 30.5 Å². The molecule has 0 aliphatic heterocycles. The second-order valence-electron chi connectivity index (χ2n) is 5.97. The summed E-state index contributed by atoms with van der Waals surface area (Å²) in [6.07, 6.45) is 2.32. The van der Waals surface area contributed by atoms with Crippen LogP contribution in [0.25, 0.3) is 10.9 Å². The van der Waals surface area contributed by atoms with Crippen molar-refractivity contribution >= 4 is 39.2 Å². The van der Waals surface area contributed by atoms with E-state index in [0.29, 0.717) is 35.3 Å². The highest BCUT2D eigenvalue weighted by molar-refractivity contribution is 7.17. The second kappa shape index (κ2) is 7.70. The van der Waals surface area contributed by atoms with E-state index in [2.05, 4.69) is 40.0 Å². The van der Waals surface area contributed by atoms with Gasteiger partial charge in [-0.2, -0.15) is 0 Å². The zero-order valence-corrected chi connectivity index (χ0v) is 15.9. The number of thiazole rings is 1. The Bertz CT molecular complexity index is 958. The summed E-state index contributed by atoms with van der Waals surface area (Å²) in [6, 6.07) is 8.21. The highest BCUT2D eigenvalue weighted by Crippen LogP contribution is 2.24. The zero-order chi connectivity index (χ0) is 18.7. The van der Waals surface area contributed by atoms with E-state index in [-0.39, 0.29) is 5.91 Å². The van der Waals surface area contributed by atoms with Gasteiger partial charge in [0.05, 0.1) is 12.3 Å². The molecule has 136 valence electrons. The smallest absolute Gasteiger partial charge is 0.350 e. The van der Waals surface area contributed by atoms with Crippen molar-refractivity contribution in [2.75, 3.05) is 11.9 Å². The number of nitrogens with zero attached hydrogens (tertiary/aromatic N) is 2. The fourth-order valence-corrected chi connectivity index (χ4v) is 3.69. The molecule has 1 N–H and O–H groups in total. The van der Waals surface area contributed by atoms with Gasteiger partial charge >= 0.3 is 5.97 Å². The lowest BCUT2D eigenvalue weighted by Gasteiger charge is -2.06. The number of anilines is 1. The van der Waals surface area contributed by atoms with Gasteiger partial charge < -0.3 is 14.6 Å². The number of hydrogen-bond donors (Lipinski definition) is 1. The van der Waals surface area contributed by atoms with Crippen molar-refractivity contribution < 1.29 is 14.3 Å². The lowest BCUT2D eigenvalue weighted by atomic mass is 10.1. The molecule has 1 amide bonds. The molecule has 6 nitrogen and oxygen atoms in total. The van der Waals surface area contributed by atoms with E-state index in [4.69, 9.17) is 4.74 Å². The number of fused-ring (bicyclic) bond motifs is 1. The van der Waals surface area contributed by atoms with Gasteiger partial charge in [0, 0.05) is 30.1 Å². The predicted molar refractivity (Wildman–Crippen MR) is 103 cm³/mol. The summed E-state index contributed by atoms with van der Waals surface area (Å²) in [5.41, 5.74) is 2.90. The summed E-state index contributed by atoms with van der Waals surface area (Å²) < 4.78 is 7.06. The molecular weight excluding hydrogens is 350 g/mol. The summed E-state index contributed by atoms with van der Waals surface area (Å²) in [5, 5.41) is 4.39. The molecule has 0 fully saturated rings. The van der Waals surface area contributed by atoms with E-state index in [1.54, 1.807) is 13.8 Å². The SMILES string of the molecule is CCOC(=O)c1sc(NC(=O)CCn2ccc3c(C)cccc32)nc1C. The molecule has 0 saturated carbocycles. The summed E-state index contributed by atoms with van der Waals surface area (Å²) in [6.45, 7) is 6.44. The van der Waals surface area contributed by atoms with Crippen molar-refractivity contribution in [3.05, 3.63) is 46.6 Å². The Morgan fingerprint density at radius 3 is 2.85 bits per heavy atom. The Kier molecular flexibility index (Phi) is 5.37. The molecule has 7 heteroatoms. The van der Waals surface area contributed by atoms with Crippen molar-refractivity contribution in [1.82, 2.24) is 9.55 Å². The Hall–Kier alpha value is -2.67. The van der Waals surface area contributed by atoms with Crippen molar-refractivity contribution in [3.63, 3.8) is 0 Å². The van der Waals surface area contributed by atoms with Gasteiger partial charge in [0.25, 0.3) is 0 Å². The van der Waals surface area contributed by atoms with Crippen LogP contribution in [0.4, 0.5) is 5.13 Å². The normalized spacial score (nSPS) is 10.9. The van der Waals surface area contributed by atoms with Crippen molar-refractivity contribution in [3.8, 4) is 0 Å². The van der Waals surface area contributed by atoms with Gasteiger partial charge in [-0.1, -0.05) is 23.5 Å². The van der Waals surface area contributed by atoms with Crippen LogP contribution in [0.3, 0.4) is 0 Å². The van der Waals surface area contributed by atoms with Crippen LogP contribution in [0.2, 0.25) is 0 Å². The molecule has 0 bridgehead atoms. The molecule has 1 aromatic carbocycles. The van der Waals surface area contributed by atoms with Gasteiger partial charge in [0.1, 0.15) is 4.88 Å². The van der Waals surface area contributed by atoms with E-state index in [1.165, 1.54) is 10.9 Å². The average molecular weight is 371 g/mol. The topological polar surface area (TPSA) is 73.2 Å². The minimum Gasteiger partial charge on any atom is -0.462 e. The summed E-state index contributed by atoms with van der Waals surface area (Å²) in [5.74, 6) is -0.541. The number of ether oxygens (including phenoxy) is 1. The average Bonchev–Trinajstić information content (AvgIpc) is 3.17. The van der Waals surface area contributed by atoms with Gasteiger partial charge in [-0.25, -0.2) is 9.78 Å². The minimum absolute atomic E-state index is 0.135. The molecule has 0 saturated heterocycles. The van der Waals surface area contributed by atoms with Crippen molar-refractivity contribution in [2.45, 2.75) is 33.7 Å². The molecular formula is C19H21N3O3S. The molecule has 0 aliphatic carbocycles. The Labute approximate surface area is 155 Å². The molecule has 0 unspecified atom stereocenters. The maximum absolute atomic E-state index is 12.3. The van der Waals surface area contributed by atoms with Crippen LogP contribution in [0.5, 0.6) is 0 Å². The number of nitrogens with one attached hydrogen (secondary N) is 1.